The Bertz CT molecular complexity index is 1520. The number of rotatable bonds is 7. The summed E-state index contributed by atoms with van der Waals surface area (Å²) in [6.07, 6.45) is -6.65. The van der Waals surface area contributed by atoms with Gasteiger partial charge >= 0.3 is 12.4 Å². The van der Waals surface area contributed by atoms with Gasteiger partial charge in [-0.2, -0.15) is 31.4 Å². The van der Waals surface area contributed by atoms with Crippen LogP contribution >= 0.6 is 11.3 Å². The van der Waals surface area contributed by atoms with Crippen LogP contribution in [0.2, 0.25) is 18.1 Å². The molecule has 6 nitrogen and oxygen atoms in total. The maximum Gasteiger partial charge on any atom is 0.418 e. The van der Waals surface area contributed by atoms with Gasteiger partial charge < -0.3 is 9.74 Å². The number of hydrogen-bond acceptors (Lipinski definition) is 6. The van der Waals surface area contributed by atoms with Crippen molar-refractivity contribution in [3.05, 3.63) is 70.5 Å². The van der Waals surface area contributed by atoms with E-state index in [1.54, 1.807) is 36.1 Å². The van der Waals surface area contributed by atoms with Crippen molar-refractivity contribution in [1.82, 2.24) is 19.7 Å². The minimum Gasteiger partial charge on any atom is -0.412 e. The molecule has 0 aliphatic heterocycles. The van der Waals surface area contributed by atoms with E-state index in [1.807, 2.05) is 18.5 Å². The summed E-state index contributed by atoms with van der Waals surface area (Å²) < 4.78 is 89.6. The summed E-state index contributed by atoms with van der Waals surface area (Å²) in [5.41, 5.74) is -1.47. The molecule has 0 aliphatic rings. The zero-order chi connectivity index (χ0) is 30.4. The van der Waals surface area contributed by atoms with Gasteiger partial charge in [0.1, 0.15) is 16.5 Å². The van der Waals surface area contributed by atoms with Crippen molar-refractivity contribution in [2.45, 2.75) is 64.8 Å². The number of nitrogens with one attached hydrogen (secondary N) is 1. The van der Waals surface area contributed by atoms with E-state index in [0.29, 0.717) is 33.7 Å². The smallest absolute Gasteiger partial charge is 0.412 e. The van der Waals surface area contributed by atoms with Crippen LogP contribution in [0.4, 0.5) is 37.8 Å². The molecule has 0 aliphatic carbocycles. The molecule has 1 aromatic carbocycles. The minimum atomic E-state index is -5.06. The van der Waals surface area contributed by atoms with E-state index in [2.05, 4.69) is 41.2 Å². The lowest BCUT2D eigenvalue weighted by Crippen LogP contribution is -2.40. The SMILES string of the molecule is Cc1cc(-n2ccc(-c3nccs3)n2)c(CO[Si](C)(C)C(C)(C)C)c(Nc2ccc(C(F)(F)F)cc2C(F)(F)F)n1. The number of aromatic nitrogens is 4. The number of hydrogen-bond donors (Lipinski definition) is 1. The molecule has 41 heavy (non-hydrogen) atoms. The van der Waals surface area contributed by atoms with E-state index in [1.165, 1.54) is 11.3 Å². The maximum absolute atomic E-state index is 14.0. The van der Waals surface area contributed by atoms with Crippen molar-refractivity contribution in [2.24, 2.45) is 0 Å². The van der Waals surface area contributed by atoms with E-state index in [4.69, 9.17) is 4.43 Å². The molecule has 0 saturated carbocycles. The molecule has 0 fully saturated rings. The number of aryl methyl sites for hydroxylation is 1. The van der Waals surface area contributed by atoms with Crippen molar-refractivity contribution >= 4 is 31.2 Å². The number of nitrogens with zero attached hydrogens (tertiary/aromatic N) is 4. The molecule has 220 valence electrons. The van der Waals surface area contributed by atoms with Crippen LogP contribution in [-0.4, -0.2) is 28.1 Å². The first-order chi connectivity index (χ1) is 18.9. The molecule has 0 bridgehead atoms. The summed E-state index contributed by atoms with van der Waals surface area (Å²) in [5.74, 6) is 0.0234. The van der Waals surface area contributed by atoms with Crippen LogP contribution in [0, 0.1) is 6.92 Å². The van der Waals surface area contributed by atoms with Gasteiger partial charge in [0.2, 0.25) is 0 Å². The Morgan fingerprint density at radius 2 is 1.71 bits per heavy atom. The highest BCUT2D eigenvalue weighted by atomic mass is 32.1. The van der Waals surface area contributed by atoms with Gasteiger partial charge in [0.25, 0.3) is 0 Å². The number of alkyl halides is 6. The summed E-state index contributed by atoms with van der Waals surface area (Å²) in [4.78, 5) is 8.72. The van der Waals surface area contributed by atoms with Gasteiger partial charge in [-0.25, -0.2) is 14.6 Å². The Morgan fingerprint density at radius 1 is 1.00 bits per heavy atom. The fourth-order valence-electron chi connectivity index (χ4n) is 3.72. The monoisotopic (exact) mass is 613 g/mol. The van der Waals surface area contributed by atoms with Crippen LogP contribution in [0.25, 0.3) is 16.4 Å². The maximum atomic E-state index is 14.0. The highest BCUT2D eigenvalue weighted by Gasteiger charge is 2.39. The lowest BCUT2D eigenvalue weighted by molar-refractivity contribution is -0.142. The van der Waals surface area contributed by atoms with Gasteiger partial charge in [0.05, 0.1) is 29.1 Å². The molecule has 0 amide bonds. The number of pyridine rings is 1. The summed E-state index contributed by atoms with van der Waals surface area (Å²) in [5, 5.41) is 9.63. The van der Waals surface area contributed by atoms with Crippen LogP contribution < -0.4 is 5.32 Å². The second-order valence-electron chi connectivity index (χ2n) is 11.0. The van der Waals surface area contributed by atoms with Gasteiger partial charge in [-0.1, -0.05) is 20.8 Å². The number of anilines is 2. The van der Waals surface area contributed by atoms with Crippen molar-refractivity contribution in [2.75, 3.05) is 5.32 Å². The average molecular weight is 614 g/mol. The quantitative estimate of drug-likeness (QED) is 0.167. The van der Waals surface area contributed by atoms with Gasteiger partial charge in [-0.3, -0.25) is 0 Å². The molecule has 0 spiro atoms. The molecule has 0 saturated heterocycles. The van der Waals surface area contributed by atoms with Crippen molar-refractivity contribution < 1.29 is 30.8 Å². The molecule has 4 aromatic rings. The fourth-order valence-corrected chi connectivity index (χ4v) is 5.26. The van der Waals surface area contributed by atoms with Gasteiger partial charge in [0, 0.05) is 29.0 Å². The van der Waals surface area contributed by atoms with Crippen LogP contribution in [0.15, 0.2) is 48.1 Å². The molecular formula is C27H29F6N5OSSi. The lowest BCUT2D eigenvalue weighted by Gasteiger charge is -2.36. The minimum absolute atomic E-state index is 0.0180. The van der Waals surface area contributed by atoms with Crippen LogP contribution in [0.1, 0.15) is 43.2 Å². The Labute approximate surface area is 238 Å². The zero-order valence-electron chi connectivity index (χ0n) is 23.2. The van der Waals surface area contributed by atoms with E-state index in [0.717, 1.165) is 6.07 Å². The highest BCUT2D eigenvalue weighted by molar-refractivity contribution is 7.13. The van der Waals surface area contributed by atoms with Crippen LogP contribution in [-0.2, 0) is 23.4 Å². The topological polar surface area (TPSA) is 64.9 Å². The molecular weight excluding hydrogens is 584 g/mol. The largest absolute Gasteiger partial charge is 0.418 e. The first-order valence-electron chi connectivity index (χ1n) is 12.5. The third-order valence-corrected chi connectivity index (χ3v) is 12.3. The highest BCUT2D eigenvalue weighted by Crippen LogP contribution is 2.42. The fraction of sp³-hybridized carbons (Fsp3) is 0.370. The Balaban J connectivity index is 1.86. The summed E-state index contributed by atoms with van der Waals surface area (Å²) in [7, 11) is -2.35. The molecule has 0 atom stereocenters. The van der Waals surface area contributed by atoms with Crippen molar-refractivity contribution in [1.29, 1.82) is 0 Å². The second kappa shape index (κ2) is 10.9. The molecule has 3 aromatic heterocycles. The normalized spacial score (nSPS) is 13.1. The zero-order valence-corrected chi connectivity index (χ0v) is 25.0. The number of thiazole rings is 1. The lowest BCUT2D eigenvalue weighted by atomic mass is 10.1. The molecule has 4 rings (SSSR count). The first-order valence-corrected chi connectivity index (χ1v) is 16.3. The standard InChI is InChI=1S/C27H29F6N5OSSi/c1-16-13-22(38-11-9-21(37-38)24-34-10-12-40-24)18(15-39-41(5,6)25(2,3)4)23(35-16)36-20-8-7-17(26(28,29)30)14-19(20)27(31,32)33/h7-14H,15H2,1-6H3,(H,35,36). The van der Waals surface area contributed by atoms with Crippen molar-refractivity contribution in [3.63, 3.8) is 0 Å². The number of benzene rings is 1. The van der Waals surface area contributed by atoms with E-state index in [-0.39, 0.29) is 23.5 Å². The van der Waals surface area contributed by atoms with Crippen LogP contribution in [0.3, 0.4) is 0 Å². The predicted molar refractivity (Wildman–Crippen MR) is 149 cm³/mol. The van der Waals surface area contributed by atoms with Gasteiger partial charge in [-0.15, -0.1) is 11.3 Å². The average Bonchev–Trinajstić information content (AvgIpc) is 3.53. The van der Waals surface area contributed by atoms with Gasteiger partial charge in [0.15, 0.2) is 8.32 Å². The third kappa shape index (κ3) is 6.81. The molecule has 0 radical (unpaired) electrons. The second-order valence-corrected chi connectivity index (χ2v) is 16.7. The summed E-state index contributed by atoms with van der Waals surface area (Å²) >= 11 is 1.40. The van der Waals surface area contributed by atoms with Gasteiger partial charge in [-0.05, 0) is 55.4 Å². The summed E-state index contributed by atoms with van der Waals surface area (Å²) in [6.45, 7) is 11.9. The molecule has 0 unspecified atom stereocenters. The summed E-state index contributed by atoms with van der Waals surface area (Å²) in [6, 6.07) is 4.96. The molecule has 14 heteroatoms. The Kier molecular flexibility index (Phi) is 8.15. The van der Waals surface area contributed by atoms with E-state index >= 15 is 0 Å². The third-order valence-electron chi connectivity index (χ3n) is 7.01. The molecule has 3 heterocycles. The molecule has 1 N–H and O–H groups in total. The van der Waals surface area contributed by atoms with Crippen LogP contribution in [0.5, 0.6) is 0 Å². The van der Waals surface area contributed by atoms with E-state index < -0.39 is 37.5 Å². The Morgan fingerprint density at radius 3 is 2.29 bits per heavy atom. The Hall–Kier alpha value is -3.23. The first kappa shape index (κ1) is 30.7. The predicted octanol–water partition coefficient (Wildman–Crippen LogP) is 9.00. The van der Waals surface area contributed by atoms with E-state index in [9.17, 15) is 26.3 Å². The van der Waals surface area contributed by atoms with Crippen molar-refractivity contribution in [3.8, 4) is 16.4 Å². The number of halogens is 6.